The number of esters is 1. The van der Waals surface area contributed by atoms with Gasteiger partial charge in [0.15, 0.2) is 12.7 Å². The van der Waals surface area contributed by atoms with Crippen LogP contribution < -0.4 is 14.8 Å². The molecule has 0 aliphatic carbocycles. The number of rotatable bonds is 8. The summed E-state index contributed by atoms with van der Waals surface area (Å²) in [7, 11) is 0. The molecular weight excluding hydrogens is 438 g/mol. The average Bonchev–Trinajstić information content (AvgIpc) is 2.62. The zero-order chi connectivity index (χ0) is 19.8. The van der Waals surface area contributed by atoms with Crippen LogP contribution in [0.1, 0.15) is 13.8 Å². The molecule has 1 N–H and O–H groups in total. The summed E-state index contributed by atoms with van der Waals surface area (Å²) in [4.78, 5) is 24.2. The van der Waals surface area contributed by atoms with Gasteiger partial charge in [0.25, 0.3) is 5.91 Å². The molecule has 0 aromatic heterocycles. The minimum Gasteiger partial charge on any atom is -0.492 e. The third kappa shape index (κ3) is 6.45. The number of carbonyl (C=O) groups excluding carboxylic acids is 2. The molecule has 0 radical (unpaired) electrons. The predicted octanol–water partition coefficient (Wildman–Crippen LogP) is 4.45. The zero-order valence-electron chi connectivity index (χ0n) is 14.8. The lowest BCUT2D eigenvalue weighted by Gasteiger charge is -2.16. The van der Waals surface area contributed by atoms with Gasteiger partial charge in [0.05, 0.1) is 16.8 Å². The summed E-state index contributed by atoms with van der Waals surface area (Å²) in [5.41, 5.74) is 0.508. The molecule has 0 saturated heterocycles. The minimum atomic E-state index is -0.996. The summed E-state index contributed by atoms with van der Waals surface area (Å²) < 4.78 is 16.5. The van der Waals surface area contributed by atoms with Gasteiger partial charge in [0, 0.05) is 5.02 Å². The largest absolute Gasteiger partial charge is 0.492 e. The minimum absolute atomic E-state index is 0.340. The molecule has 2 aromatic rings. The van der Waals surface area contributed by atoms with Crippen molar-refractivity contribution in [3.05, 3.63) is 52.0 Å². The van der Waals surface area contributed by atoms with Gasteiger partial charge in [-0.1, -0.05) is 23.7 Å². The molecule has 0 fully saturated rings. The van der Waals surface area contributed by atoms with Crippen LogP contribution in [0.2, 0.25) is 5.02 Å². The van der Waals surface area contributed by atoms with Gasteiger partial charge < -0.3 is 19.5 Å². The molecule has 0 spiro atoms. The van der Waals surface area contributed by atoms with Crippen molar-refractivity contribution in [3.8, 4) is 11.5 Å². The van der Waals surface area contributed by atoms with Gasteiger partial charge in [-0.15, -0.1) is 0 Å². The molecule has 1 unspecified atom stereocenters. The summed E-state index contributed by atoms with van der Waals surface area (Å²) in [6.45, 7) is 3.46. The number of nitrogens with one attached hydrogen (secondary N) is 1. The molecule has 8 heteroatoms. The number of hydrogen-bond donors (Lipinski definition) is 1. The van der Waals surface area contributed by atoms with Crippen LogP contribution in [0.4, 0.5) is 5.69 Å². The second-order valence-corrected chi connectivity index (χ2v) is 6.70. The Morgan fingerprint density at radius 1 is 1.15 bits per heavy atom. The number of ether oxygens (including phenoxy) is 3. The smallest absolute Gasteiger partial charge is 0.344 e. The topological polar surface area (TPSA) is 73.9 Å². The number of amides is 1. The highest BCUT2D eigenvalue weighted by Gasteiger charge is 2.19. The first-order valence-corrected chi connectivity index (χ1v) is 9.37. The van der Waals surface area contributed by atoms with Crippen LogP contribution in [0.5, 0.6) is 11.5 Å². The van der Waals surface area contributed by atoms with E-state index < -0.39 is 18.0 Å². The Morgan fingerprint density at radius 2 is 1.89 bits per heavy atom. The zero-order valence-corrected chi connectivity index (χ0v) is 17.2. The number of carbonyl (C=O) groups is 2. The molecule has 1 atom stereocenters. The van der Waals surface area contributed by atoms with Crippen LogP contribution in [0.25, 0.3) is 0 Å². The second-order valence-electron chi connectivity index (χ2n) is 5.41. The van der Waals surface area contributed by atoms with E-state index in [1.807, 2.05) is 6.92 Å². The maximum Gasteiger partial charge on any atom is 0.344 e. The summed E-state index contributed by atoms with van der Waals surface area (Å²) in [5.74, 6) is -0.150. The maximum atomic E-state index is 12.3. The van der Waals surface area contributed by atoms with Gasteiger partial charge in [0.2, 0.25) is 0 Å². The van der Waals surface area contributed by atoms with Gasteiger partial charge in [-0.25, -0.2) is 4.79 Å². The molecule has 0 aliphatic heterocycles. The van der Waals surface area contributed by atoms with E-state index in [1.54, 1.807) is 42.5 Å². The Hall–Kier alpha value is -2.25. The molecule has 0 aliphatic rings. The summed E-state index contributed by atoms with van der Waals surface area (Å²) in [6.07, 6.45) is -0.996. The number of hydrogen-bond acceptors (Lipinski definition) is 5. The van der Waals surface area contributed by atoms with Crippen LogP contribution in [0.3, 0.4) is 0 Å². The van der Waals surface area contributed by atoms with Crippen molar-refractivity contribution in [1.29, 1.82) is 0 Å². The van der Waals surface area contributed by atoms with Crippen molar-refractivity contribution in [2.45, 2.75) is 20.0 Å². The molecule has 2 aromatic carbocycles. The monoisotopic (exact) mass is 455 g/mol. The fourth-order valence-corrected chi connectivity index (χ4v) is 2.90. The van der Waals surface area contributed by atoms with Crippen molar-refractivity contribution < 1.29 is 23.8 Å². The number of benzene rings is 2. The van der Waals surface area contributed by atoms with E-state index >= 15 is 0 Å². The van der Waals surface area contributed by atoms with E-state index in [2.05, 4.69) is 21.2 Å². The van der Waals surface area contributed by atoms with Crippen LogP contribution in [-0.2, 0) is 14.3 Å². The second kappa shape index (κ2) is 10.2. The number of anilines is 1. The molecule has 6 nitrogen and oxygen atoms in total. The molecule has 0 bridgehead atoms. The lowest BCUT2D eigenvalue weighted by atomic mass is 10.2. The highest BCUT2D eigenvalue weighted by atomic mass is 79.9. The standard InChI is InChI=1S/C19H19BrClNO5/c1-3-25-17-7-5-4-6-15(17)22-19(24)12(2)27-18(23)11-26-16-9-8-13(21)10-14(16)20/h4-10,12H,3,11H2,1-2H3,(H,22,24). The van der Waals surface area contributed by atoms with Gasteiger partial charge in [0.1, 0.15) is 11.5 Å². The third-order valence-corrected chi connectivity index (χ3v) is 4.22. The third-order valence-electron chi connectivity index (χ3n) is 3.36. The van der Waals surface area contributed by atoms with E-state index in [-0.39, 0.29) is 6.61 Å². The van der Waals surface area contributed by atoms with Gasteiger partial charge in [-0.05, 0) is 60.1 Å². The average molecular weight is 457 g/mol. The van der Waals surface area contributed by atoms with E-state index in [1.165, 1.54) is 6.92 Å². The molecule has 0 saturated carbocycles. The highest BCUT2D eigenvalue weighted by molar-refractivity contribution is 9.10. The van der Waals surface area contributed by atoms with Crippen molar-refractivity contribution in [2.24, 2.45) is 0 Å². The predicted molar refractivity (Wildman–Crippen MR) is 106 cm³/mol. The maximum absolute atomic E-state index is 12.3. The molecule has 2 rings (SSSR count). The fourth-order valence-electron chi connectivity index (χ4n) is 2.10. The Morgan fingerprint density at radius 3 is 2.59 bits per heavy atom. The molecule has 0 heterocycles. The van der Waals surface area contributed by atoms with Gasteiger partial charge >= 0.3 is 5.97 Å². The first kappa shape index (κ1) is 21.1. The Labute approximate surface area is 170 Å². The number of para-hydroxylation sites is 2. The van der Waals surface area contributed by atoms with E-state index in [4.69, 9.17) is 25.8 Å². The van der Waals surface area contributed by atoms with Gasteiger partial charge in [-0.3, -0.25) is 4.79 Å². The SMILES string of the molecule is CCOc1ccccc1NC(=O)C(C)OC(=O)COc1ccc(Cl)cc1Br. The molecule has 27 heavy (non-hydrogen) atoms. The fraction of sp³-hybridized carbons (Fsp3) is 0.263. The Bertz CT molecular complexity index is 814. The van der Waals surface area contributed by atoms with Crippen molar-refractivity contribution in [3.63, 3.8) is 0 Å². The molecular formula is C19H19BrClNO5. The lowest BCUT2D eigenvalue weighted by molar-refractivity contribution is -0.155. The van der Waals surface area contributed by atoms with Crippen molar-refractivity contribution >= 4 is 45.1 Å². The first-order valence-electron chi connectivity index (χ1n) is 8.20. The van der Waals surface area contributed by atoms with Crippen LogP contribution in [0, 0.1) is 0 Å². The van der Waals surface area contributed by atoms with Crippen LogP contribution in [-0.4, -0.2) is 31.2 Å². The highest BCUT2D eigenvalue weighted by Crippen LogP contribution is 2.28. The Kier molecular flexibility index (Phi) is 7.94. The summed E-state index contributed by atoms with van der Waals surface area (Å²) in [6, 6.07) is 11.9. The Balaban J connectivity index is 1.87. The number of halogens is 2. The van der Waals surface area contributed by atoms with E-state index in [9.17, 15) is 9.59 Å². The normalized spacial score (nSPS) is 11.4. The van der Waals surface area contributed by atoms with E-state index in [0.29, 0.717) is 33.3 Å². The molecule has 144 valence electrons. The molecule has 1 amide bonds. The lowest BCUT2D eigenvalue weighted by Crippen LogP contribution is -2.31. The van der Waals surface area contributed by atoms with E-state index in [0.717, 1.165) is 0 Å². The van der Waals surface area contributed by atoms with Crippen LogP contribution in [0.15, 0.2) is 46.9 Å². The first-order chi connectivity index (χ1) is 12.9. The summed E-state index contributed by atoms with van der Waals surface area (Å²) in [5, 5.41) is 3.22. The van der Waals surface area contributed by atoms with Crippen molar-refractivity contribution in [2.75, 3.05) is 18.5 Å². The summed E-state index contributed by atoms with van der Waals surface area (Å²) >= 11 is 9.14. The van der Waals surface area contributed by atoms with Crippen molar-refractivity contribution in [1.82, 2.24) is 0 Å². The van der Waals surface area contributed by atoms with Gasteiger partial charge in [-0.2, -0.15) is 0 Å². The quantitative estimate of drug-likeness (QED) is 0.594. The van der Waals surface area contributed by atoms with Crippen LogP contribution >= 0.6 is 27.5 Å².